The second-order valence-electron chi connectivity index (χ2n) is 6.10. The lowest BCUT2D eigenvalue weighted by Gasteiger charge is -2.17. The number of ether oxygens (including phenoxy) is 1. The van der Waals surface area contributed by atoms with E-state index in [2.05, 4.69) is 10.3 Å². The molecule has 0 aromatic carbocycles. The van der Waals surface area contributed by atoms with Crippen molar-refractivity contribution in [3.05, 3.63) is 77.5 Å². The van der Waals surface area contributed by atoms with Gasteiger partial charge in [0.1, 0.15) is 11.5 Å². The summed E-state index contributed by atoms with van der Waals surface area (Å²) in [5, 5.41) is 4.68. The highest BCUT2D eigenvalue weighted by atomic mass is 32.1. The fraction of sp³-hybridized carbons (Fsp3) is 0.150. The van der Waals surface area contributed by atoms with Gasteiger partial charge in [0.2, 0.25) is 6.10 Å². The van der Waals surface area contributed by atoms with Gasteiger partial charge in [0.15, 0.2) is 0 Å². The number of furan rings is 1. The Morgan fingerprint density at radius 2 is 2.18 bits per heavy atom. The number of hydrogen-bond acceptors (Lipinski definition) is 6. The molecule has 0 saturated carbocycles. The summed E-state index contributed by atoms with van der Waals surface area (Å²) in [6, 6.07) is 12.3. The van der Waals surface area contributed by atoms with Crippen LogP contribution in [0.4, 0.5) is 0 Å². The number of pyridine rings is 1. The first-order valence-electron chi connectivity index (χ1n) is 8.58. The molecule has 4 rings (SSSR count). The zero-order valence-corrected chi connectivity index (χ0v) is 15.8. The molecule has 4 heterocycles. The van der Waals surface area contributed by atoms with Crippen LogP contribution in [0.15, 0.2) is 64.7 Å². The molecular weight excluding hydrogens is 378 g/mol. The van der Waals surface area contributed by atoms with Crippen molar-refractivity contribution in [3.63, 3.8) is 0 Å². The summed E-state index contributed by atoms with van der Waals surface area (Å²) in [4.78, 5) is 29.7. The van der Waals surface area contributed by atoms with Crippen LogP contribution in [0, 0.1) is 0 Å². The van der Waals surface area contributed by atoms with E-state index in [1.807, 2.05) is 11.4 Å². The van der Waals surface area contributed by atoms with Crippen molar-refractivity contribution in [2.45, 2.75) is 12.6 Å². The van der Waals surface area contributed by atoms with Gasteiger partial charge in [-0.25, -0.2) is 4.79 Å². The quantitative estimate of drug-likeness (QED) is 0.506. The number of amides is 1. The molecule has 0 radical (unpaired) electrons. The molecule has 142 valence electrons. The standard InChI is InChI=1S/C20H17N3O4S/c1-23-15-7-10-28-17(15)11-16(23)20(25)27-18(14-6-2-3-8-21-14)19(24)22-12-13-5-4-9-26-13/h2-11,18H,12H2,1H3,(H,22,24). The van der Waals surface area contributed by atoms with E-state index in [4.69, 9.17) is 9.15 Å². The molecule has 4 aromatic heterocycles. The number of fused-ring (bicyclic) bond motifs is 1. The average molecular weight is 395 g/mol. The van der Waals surface area contributed by atoms with Crippen molar-refractivity contribution in [1.82, 2.24) is 14.9 Å². The summed E-state index contributed by atoms with van der Waals surface area (Å²) >= 11 is 1.54. The number of aromatic nitrogens is 2. The van der Waals surface area contributed by atoms with Crippen LogP contribution in [0.25, 0.3) is 10.2 Å². The topological polar surface area (TPSA) is 86.4 Å². The Kier molecular flexibility index (Phi) is 4.94. The highest BCUT2D eigenvalue weighted by Crippen LogP contribution is 2.26. The molecule has 0 aliphatic heterocycles. The van der Waals surface area contributed by atoms with E-state index in [1.165, 1.54) is 17.6 Å². The van der Waals surface area contributed by atoms with Gasteiger partial charge < -0.3 is 19.0 Å². The molecule has 1 unspecified atom stereocenters. The predicted octanol–water partition coefficient (Wildman–Crippen LogP) is 3.44. The first-order valence-corrected chi connectivity index (χ1v) is 9.46. The molecule has 0 fully saturated rings. The maximum atomic E-state index is 12.8. The number of rotatable bonds is 6. The number of nitrogens with zero attached hydrogens (tertiary/aromatic N) is 2. The van der Waals surface area contributed by atoms with Gasteiger partial charge in [0.25, 0.3) is 5.91 Å². The van der Waals surface area contributed by atoms with Crippen molar-refractivity contribution in [2.75, 3.05) is 0 Å². The number of carbonyl (C=O) groups is 2. The summed E-state index contributed by atoms with van der Waals surface area (Å²) in [5.41, 5.74) is 1.67. The molecule has 28 heavy (non-hydrogen) atoms. The number of carbonyl (C=O) groups excluding carboxylic acids is 2. The average Bonchev–Trinajstić information content (AvgIpc) is 3.44. The van der Waals surface area contributed by atoms with Crippen LogP contribution in [0.1, 0.15) is 28.0 Å². The normalized spacial score (nSPS) is 12.0. The summed E-state index contributed by atoms with van der Waals surface area (Å²) in [6.07, 6.45) is 1.91. The summed E-state index contributed by atoms with van der Waals surface area (Å²) in [6.45, 7) is 0.187. The Morgan fingerprint density at radius 3 is 2.89 bits per heavy atom. The second-order valence-corrected chi connectivity index (χ2v) is 7.04. The van der Waals surface area contributed by atoms with Crippen molar-refractivity contribution < 1.29 is 18.7 Å². The summed E-state index contributed by atoms with van der Waals surface area (Å²) in [5.74, 6) is -0.462. The molecule has 0 bridgehead atoms. The van der Waals surface area contributed by atoms with Crippen molar-refractivity contribution >= 4 is 33.4 Å². The van der Waals surface area contributed by atoms with Gasteiger partial charge in [0, 0.05) is 13.2 Å². The Morgan fingerprint density at radius 1 is 1.29 bits per heavy atom. The maximum Gasteiger partial charge on any atom is 0.356 e. The van der Waals surface area contributed by atoms with E-state index >= 15 is 0 Å². The van der Waals surface area contributed by atoms with Crippen LogP contribution in [0.5, 0.6) is 0 Å². The third-order valence-corrected chi connectivity index (χ3v) is 5.16. The lowest BCUT2D eigenvalue weighted by Crippen LogP contribution is -2.32. The molecule has 0 spiro atoms. The number of nitrogens with one attached hydrogen (secondary N) is 1. The molecule has 7 nitrogen and oxygen atoms in total. The zero-order valence-electron chi connectivity index (χ0n) is 15.0. The largest absolute Gasteiger partial charge is 0.467 e. The summed E-state index contributed by atoms with van der Waals surface area (Å²) < 4.78 is 13.5. The predicted molar refractivity (Wildman–Crippen MR) is 104 cm³/mol. The SMILES string of the molecule is Cn1c(C(=O)OC(C(=O)NCc2ccco2)c2ccccn2)cc2sccc21. The van der Waals surface area contributed by atoms with Crippen molar-refractivity contribution in [3.8, 4) is 0 Å². The van der Waals surface area contributed by atoms with Crippen LogP contribution >= 0.6 is 11.3 Å². The first kappa shape index (κ1) is 18.0. The molecule has 8 heteroatoms. The lowest BCUT2D eigenvalue weighted by atomic mass is 10.2. The van der Waals surface area contributed by atoms with Crippen LogP contribution in [0.2, 0.25) is 0 Å². The van der Waals surface area contributed by atoms with Gasteiger partial charge in [-0.3, -0.25) is 9.78 Å². The van der Waals surface area contributed by atoms with Gasteiger partial charge in [-0.1, -0.05) is 6.07 Å². The van der Waals surface area contributed by atoms with E-state index in [1.54, 1.807) is 54.2 Å². The Balaban J connectivity index is 1.56. The number of hydrogen-bond donors (Lipinski definition) is 1. The number of esters is 1. The van der Waals surface area contributed by atoms with E-state index < -0.39 is 18.0 Å². The minimum atomic E-state index is -1.17. The van der Waals surface area contributed by atoms with E-state index in [0.717, 1.165) is 10.2 Å². The van der Waals surface area contributed by atoms with Crippen LogP contribution in [-0.4, -0.2) is 21.4 Å². The van der Waals surface area contributed by atoms with E-state index in [-0.39, 0.29) is 6.54 Å². The van der Waals surface area contributed by atoms with Gasteiger partial charge >= 0.3 is 5.97 Å². The third kappa shape index (κ3) is 3.54. The van der Waals surface area contributed by atoms with Crippen LogP contribution in [0.3, 0.4) is 0 Å². The van der Waals surface area contributed by atoms with Crippen molar-refractivity contribution in [1.29, 1.82) is 0 Å². The highest BCUT2D eigenvalue weighted by Gasteiger charge is 2.28. The molecule has 0 saturated heterocycles. The third-order valence-electron chi connectivity index (χ3n) is 4.31. The molecule has 1 amide bonds. The molecule has 4 aromatic rings. The van der Waals surface area contributed by atoms with Gasteiger partial charge in [-0.05, 0) is 41.8 Å². The molecule has 1 N–H and O–H groups in total. The minimum Gasteiger partial charge on any atom is -0.467 e. The number of thiophene rings is 1. The molecular formula is C20H17N3O4S. The smallest absolute Gasteiger partial charge is 0.356 e. The highest BCUT2D eigenvalue weighted by molar-refractivity contribution is 7.17. The Labute approximate surface area is 164 Å². The van der Waals surface area contributed by atoms with Crippen molar-refractivity contribution in [2.24, 2.45) is 7.05 Å². The fourth-order valence-electron chi connectivity index (χ4n) is 2.87. The molecule has 0 aliphatic carbocycles. The number of aryl methyl sites for hydroxylation is 1. The maximum absolute atomic E-state index is 12.8. The van der Waals surface area contributed by atoms with E-state index in [9.17, 15) is 9.59 Å². The Bertz CT molecular complexity index is 1100. The summed E-state index contributed by atoms with van der Waals surface area (Å²) in [7, 11) is 1.79. The van der Waals surface area contributed by atoms with Gasteiger partial charge in [0.05, 0.1) is 28.7 Å². The minimum absolute atomic E-state index is 0.187. The Hall–Kier alpha value is -3.39. The van der Waals surface area contributed by atoms with Crippen LogP contribution < -0.4 is 5.32 Å². The first-order chi connectivity index (χ1) is 13.6. The second kappa shape index (κ2) is 7.69. The lowest BCUT2D eigenvalue weighted by molar-refractivity contribution is -0.130. The van der Waals surface area contributed by atoms with Crippen LogP contribution in [-0.2, 0) is 23.1 Å². The fourth-order valence-corrected chi connectivity index (χ4v) is 3.72. The monoisotopic (exact) mass is 395 g/mol. The molecule has 0 aliphatic rings. The molecule has 1 atom stereocenters. The zero-order chi connectivity index (χ0) is 19.5. The van der Waals surface area contributed by atoms with Gasteiger partial charge in [-0.2, -0.15) is 0 Å². The van der Waals surface area contributed by atoms with Gasteiger partial charge in [-0.15, -0.1) is 11.3 Å². The van der Waals surface area contributed by atoms with E-state index in [0.29, 0.717) is 17.1 Å².